The lowest BCUT2D eigenvalue weighted by atomic mass is 9.79. The maximum atomic E-state index is 13.1. The molecule has 2 aromatic heterocycles. The van der Waals surface area contributed by atoms with E-state index < -0.39 is 40.5 Å². The van der Waals surface area contributed by atoms with E-state index in [0.717, 1.165) is 16.6 Å². The van der Waals surface area contributed by atoms with Crippen molar-refractivity contribution in [3.05, 3.63) is 59.5 Å². The van der Waals surface area contributed by atoms with E-state index in [1.807, 2.05) is 19.1 Å². The van der Waals surface area contributed by atoms with Gasteiger partial charge >= 0.3 is 6.18 Å². The highest BCUT2D eigenvalue weighted by molar-refractivity contribution is 7.91. The molecule has 11 heteroatoms. The summed E-state index contributed by atoms with van der Waals surface area (Å²) in [6.07, 6.45) is -0.775. The van der Waals surface area contributed by atoms with Crippen molar-refractivity contribution in [3.8, 4) is 0 Å². The Morgan fingerprint density at radius 2 is 1.85 bits per heavy atom. The fraction of sp³-hybridized carbons (Fsp3) is 0.500. The standard InChI is InChI=1S/C28H34F3N3O4S/c1-3-34-22(13-18-5-8-21(9-6-18)28(29,30)31)15-20-14-19(7-12-26(20)34)27(36)33-25(17-35)24-11-10-23(16-32-24)39(37,38)4-2/h7,10-12,14-16,18,21,25,35H,3-6,8-9,13,17H2,1-2H3,(H,33,36)/t18?,21?,25-/m0/s1. The maximum Gasteiger partial charge on any atom is 0.391 e. The van der Waals surface area contributed by atoms with Gasteiger partial charge < -0.3 is 15.0 Å². The minimum Gasteiger partial charge on any atom is -0.394 e. The topological polar surface area (TPSA) is 101 Å². The van der Waals surface area contributed by atoms with Crippen LogP contribution in [0.4, 0.5) is 13.2 Å². The van der Waals surface area contributed by atoms with Crippen LogP contribution in [-0.2, 0) is 22.8 Å². The van der Waals surface area contributed by atoms with Crippen LogP contribution in [0.25, 0.3) is 10.9 Å². The average molecular weight is 566 g/mol. The van der Waals surface area contributed by atoms with Gasteiger partial charge in [-0.2, -0.15) is 13.2 Å². The molecule has 3 aromatic rings. The molecule has 2 N–H and O–H groups in total. The van der Waals surface area contributed by atoms with E-state index in [-0.39, 0.29) is 29.4 Å². The Morgan fingerprint density at radius 1 is 1.13 bits per heavy atom. The molecule has 0 saturated heterocycles. The predicted molar refractivity (Wildman–Crippen MR) is 142 cm³/mol. The van der Waals surface area contributed by atoms with Gasteiger partial charge in [0.1, 0.15) is 0 Å². The number of carbonyl (C=O) groups is 1. The van der Waals surface area contributed by atoms with Crippen molar-refractivity contribution >= 4 is 26.6 Å². The molecule has 1 amide bonds. The maximum absolute atomic E-state index is 13.1. The molecule has 0 radical (unpaired) electrons. The summed E-state index contributed by atoms with van der Waals surface area (Å²) >= 11 is 0. The van der Waals surface area contributed by atoms with Crippen LogP contribution >= 0.6 is 0 Å². The first kappa shape index (κ1) is 29.1. The second kappa shape index (κ2) is 11.7. The molecular weight excluding hydrogens is 531 g/mol. The van der Waals surface area contributed by atoms with E-state index in [1.165, 1.54) is 25.3 Å². The van der Waals surface area contributed by atoms with Crippen LogP contribution in [0.2, 0.25) is 0 Å². The van der Waals surface area contributed by atoms with Gasteiger partial charge in [0, 0.05) is 34.9 Å². The number of alkyl halides is 3. The summed E-state index contributed by atoms with van der Waals surface area (Å²) in [5, 5.41) is 13.5. The van der Waals surface area contributed by atoms with Crippen LogP contribution in [0.15, 0.2) is 47.5 Å². The normalized spacial score (nSPS) is 19.2. The molecular formula is C28H34F3N3O4S. The van der Waals surface area contributed by atoms with Gasteiger partial charge in [-0.25, -0.2) is 8.42 Å². The molecule has 4 rings (SSSR count). The summed E-state index contributed by atoms with van der Waals surface area (Å²) in [7, 11) is -3.42. The number of nitrogens with one attached hydrogen (secondary N) is 1. The Balaban J connectivity index is 1.48. The number of sulfone groups is 1. The molecule has 1 atom stereocenters. The van der Waals surface area contributed by atoms with Crippen LogP contribution in [0.3, 0.4) is 0 Å². The predicted octanol–water partition coefficient (Wildman–Crippen LogP) is 5.22. The molecule has 1 aliphatic rings. The molecule has 1 aliphatic carbocycles. The van der Waals surface area contributed by atoms with Gasteiger partial charge in [0.2, 0.25) is 0 Å². The minimum atomic E-state index is -4.12. The van der Waals surface area contributed by atoms with E-state index in [1.54, 1.807) is 12.1 Å². The fourth-order valence-corrected chi connectivity index (χ4v) is 6.23. The summed E-state index contributed by atoms with van der Waals surface area (Å²) < 4.78 is 65.3. The van der Waals surface area contributed by atoms with Crippen LogP contribution < -0.4 is 5.32 Å². The van der Waals surface area contributed by atoms with E-state index >= 15 is 0 Å². The number of aromatic nitrogens is 2. The van der Waals surface area contributed by atoms with Gasteiger partial charge in [-0.15, -0.1) is 0 Å². The van der Waals surface area contributed by atoms with Gasteiger partial charge in [-0.05, 0) is 81.3 Å². The van der Waals surface area contributed by atoms with Crippen molar-refractivity contribution in [1.82, 2.24) is 14.9 Å². The third-order valence-electron chi connectivity index (χ3n) is 7.72. The first-order chi connectivity index (χ1) is 18.5. The highest BCUT2D eigenvalue weighted by Gasteiger charge is 2.41. The summed E-state index contributed by atoms with van der Waals surface area (Å²) in [4.78, 5) is 17.3. The number of benzene rings is 1. The van der Waals surface area contributed by atoms with Gasteiger partial charge in [-0.3, -0.25) is 9.78 Å². The van der Waals surface area contributed by atoms with Gasteiger partial charge in [0.25, 0.3) is 5.91 Å². The number of aliphatic hydroxyl groups is 1. The first-order valence-electron chi connectivity index (χ1n) is 13.3. The van der Waals surface area contributed by atoms with Crippen molar-refractivity contribution in [1.29, 1.82) is 0 Å². The van der Waals surface area contributed by atoms with Crippen molar-refractivity contribution in [2.75, 3.05) is 12.4 Å². The molecule has 1 fully saturated rings. The monoisotopic (exact) mass is 565 g/mol. The molecule has 0 spiro atoms. The zero-order chi connectivity index (χ0) is 28.4. The van der Waals surface area contributed by atoms with Crippen molar-refractivity contribution in [2.24, 2.45) is 11.8 Å². The number of aliphatic hydroxyl groups excluding tert-OH is 1. The lowest BCUT2D eigenvalue weighted by molar-refractivity contribution is -0.183. The number of hydrogen-bond donors (Lipinski definition) is 2. The van der Waals surface area contributed by atoms with Crippen LogP contribution in [0, 0.1) is 11.8 Å². The van der Waals surface area contributed by atoms with Crippen molar-refractivity contribution in [3.63, 3.8) is 0 Å². The third kappa shape index (κ3) is 6.46. The molecule has 212 valence electrons. The number of carbonyl (C=O) groups excluding carboxylic acids is 1. The molecule has 0 bridgehead atoms. The zero-order valence-electron chi connectivity index (χ0n) is 22.0. The highest BCUT2D eigenvalue weighted by Crippen LogP contribution is 2.40. The largest absolute Gasteiger partial charge is 0.394 e. The number of nitrogens with zero attached hydrogens (tertiary/aromatic N) is 2. The second-order valence-corrected chi connectivity index (χ2v) is 12.4. The van der Waals surface area contributed by atoms with E-state index in [9.17, 15) is 31.5 Å². The summed E-state index contributed by atoms with van der Waals surface area (Å²) in [6.45, 7) is 3.83. The van der Waals surface area contributed by atoms with Gasteiger partial charge in [-0.1, -0.05) is 6.92 Å². The van der Waals surface area contributed by atoms with Gasteiger partial charge in [0.05, 0.1) is 34.9 Å². The molecule has 39 heavy (non-hydrogen) atoms. The Bertz CT molecular complexity index is 1410. The third-order valence-corrected chi connectivity index (χ3v) is 9.44. The summed E-state index contributed by atoms with van der Waals surface area (Å²) in [5.74, 6) is -1.49. The molecule has 1 aromatic carbocycles. The van der Waals surface area contributed by atoms with E-state index in [0.29, 0.717) is 37.1 Å². The van der Waals surface area contributed by atoms with Crippen molar-refractivity contribution < 1.29 is 31.5 Å². The number of fused-ring (bicyclic) bond motifs is 1. The second-order valence-electron chi connectivity index (χ2n) is 10.1. The molecule has 2 heterocycles. The van der Waals surface area contributed by atoms with Gasteiger partial charge in [0.15, 0.2) is 9.84 Å². The van der Waals surface area contributed by atoms with Crippen LogP contribution in [-0.4, -0.2) is 47.5 Å². The lowest BCUT2D eigenvalue weighted by Crippen LogP contribution is -2.31. The molecule has 7 nitrogen and oxygen atoms in total. The first-order valence-corrected chi connectivity index (χ1v) is 14.9. The van der Waals surface area contributed by atoms with E-state index in [2.05, 4.69) is 14.9 Å². The minimum absolute atomic E-state index is 0.0582. The molecule has 0 aliphatic heterocycles. The Morgan fingerprint density at radius 3 is 2.41 bits per heavy atom. The van der Waals surface area contributed by atoms with E-state index in [4.69, 9.17) is 0 Å². The number of rotatable bonds is 9. The quantitative estimate of drug-likeness (QED) is 0.370. The number of pyridine rings is 1. The van der Waals surface area contributed by atoms with Crippen LogP contribution in [0.5, 0.6) is 0 Å². The number of hydrogen-bond acceptors (Lipinski definition) is 5. The smallest absolute Gasteiger partial charge is 0.391 e. The Labute approximate surface area is 226 Å². The lowest BCUT2D eigenvalue weighted by Gasteiger charge is -2.30. The zero-order valence-corrected chi connectivity index (χ0v) is 22.9. The summed E-state index contributed by atoms with van der Waals surface area (Å²) in [5.41, 5.74) is 2.71. The Kier molecular flexibility index (Phi) is 8.70. The number of halogens is 3. The number of aryl methyl sites for hydroxylation is 1. The number of amides is 1. The van der Waals surface area contributed by atoms with Crippen molar-refractivity contribution in [2.45, 2.75) is 69.6 Å². The SMILES string of the molecule is CCn1c(CC2CCC(C(F)(F)F)CC2)cc2cc(C(=O)N[C@@H](CO)c3ccc(S(=O)(=O)CC)cn3)ccc21. The van der Waals surface area contributed by atoms with Crippen LogP contribution in [0.1, 0.15) is 67.3 Å². The molecule has 1 saturated carbocycles. The average Bonchev–Trinajstić information content (AvgIpc) is 3.27. The molecule has 0 unspecified atom stereocenters. The summed E-state index contributed by atoms with van der Waals surface area (Å²) in [6, 6.07) is 9.38. The Hall–Kier alpha value is -2.92. The fourth-order valence-electron chi connectivity index (χ4n) is 5.40. The highest BCUT2D eigenvalue weighted by atomic mass is 32.2.